The molecule has 1 aliphatic rings. The van der Waals surface area contributed by atoms with Crippen LogP contribution in [0.2, 0.25) is 0 Å². The van der Waals surface area contributed by atoms with E-state index in [0.29, 0.717) is 10.9 Å². The first-order valence-corrected chi connectivity index (χ1v) is 15.2. The summed E-state index contributed by atoms with van der Waals surface area (Å²) in [7, 11) is -4.35. The van der Waals surface area contributed by atoms with Crippen LogP contribution in [0.4, 0.5) is 0 Å². The van der Waals surface area contributed by atoms with Crippen molar-refractivity contribution in [1.82, 2.24) is 14.6 Å². The Morgan fingerprint density at radius 2 is 1.86 bits per heavy atom. The molecule has 0 amide bonds. The molecule has 0 bridgehead atoms. The molecule has 1 aliphatic heterocycles. The zero-order valence-electron chi connectivity index (χ0n) is 24.0. The van der Waals surface area contributed by atoms with Crippen LogP contribution in [0.25, 0.3) is 10.8 Å². The molecule has 1 aromatic heterocycles. The fraction of sp³-hybridized carbons (Fsp3) is 0.219. The summed E-state index contributed by atoms with van der Waals surface area (Å²) < 4.78 is 38.7. The molecule has 2 heterocycles. The number of nitrogens with zero attached hydrogens (tertiary/aromatic N) is 1. The molecule has 44 heavy (non-hydrogen) atoms. The van der Waals surface area contributed by atoms with Crippen LogP contribution in [-0.4, -0.2) is 33.8 Å². The van der Waals surface area contributed by atoms with E-state index in [1.807, 2.05) is 54.6 Å². The fourth-order valence-corrected chi connectivity index (χ4v) is 6.02. The molecule has 4 aromatic rings. The van der Waals surface area contributed by atoms with Crippen LogP contribution < -0.4 is 20.9 Å². The Bertz CT molecular complexity index is 1910. The monoisotopic (exact) mass is 615 g/mol. The molecule has 12 heteroatoms. The van der Waals surface area contributed by atoms with Crippen LogP contribution in [0.1, 0.15) is 24.3 Å². The molecular weight excluding hydrogens is 585 g/mol. The van der Waals surface area contributed by atoms with Crippen molar-refractivity contribution in [3.63, 3.8) is 0 Å². The van der Waals surface area contributed by atoms with E-state index in [1.54, 1.807) is 25.1 Å². The van der Waals surface area contributed by atoms with Crippen molar-refractivity contribution in [1.29, 1.82) is 0 Å². The van der Waals surface area contributed by atoms with Crippen molar-refractivity contribution in [3.05, 3.63) is 123 Å². The molecule has 0 fully saturated rings. The molecule has 226 valence electrons. The van der Waals surface area contributed by atoms with Crippen LogP contribution in [0.3, 0.4) is 0 Å². The molecule has 0 saturated heterocycles. The third-order valence-electron chi connectivity index (χ3n) is 6.87. The Hall–Kier alpha value is -4.72. The van der Waals surface area contributed by atoms with Crippen LogP contribution in [0, 0.1) is 19.3 Å². The molecule has 0 saturated carbocycles. The maximum absolute atomic E-state index is 14.3. The van der Waals surface area contributed by atoms with Gasteiger partial charge in [0.15, 0.2) is 11.8 Å². The van der Waals surface area contributed by atoms with Gasteiger partial charge in [0.2, 0.25) is 0 Å². The average Bonchev–Trinajstić information content (AvgIpc) is 3.46. The van der Waals surface area contributed by atoms with E-state index in [0.717, 1.165) is 10.9 Å². The number of aryl methyl sites for hydroxylation is 1. The SMILES string of the molecule is C#C[C@@]1(CO[P@@](=O)(N[C@@H](C)C(=O)OCc2ccccc2)Oc2cccc3ccccc23)C=C[C@H](n2cc(C)c(=O)[nH]c2=O)O1. The highest BCUT2D eigenvalue weighted by Crippen LogP contribution is 2.48. The van der Waals surface area contributed by atoms with Crippen LogP contribution in [-0.2, 0) is 30.0 Å². The van der Waals surface area contributed by atoms with Crippen molar-refractivity contribution >= 4 is 24.5 Å². The molecule has 2 N–H and O–H groups in total. The first-order valence-electron chi connectivity index (χ1n) is 13.7. The molecule has 0 radical (unpaired) electrons. The number of nitrogens with one attached hydrogen (secondary N) is 2. The summed E-state index contributed by atoms with van der Waals surface area (Å²) in [5, 5.41) is 4.16. The van der Waals surface area contributed by atoms with Gasteiger partial charge >= 0.3 is 19.4 Å². The van der Waals surface area contributed by atoms with Gasteiger partial charge in [0, 0.05) is 17.1 Å². The molecule has 4 atom stereocenters. The van der Waals surface area contributed by atoms with Gasteiger partial charge in [-0.3, -0.25) is 23.7 Å². The summed E-state index contributed by atoms with van der Waals surface area (Å²) in [6.07, 6.45) is 9.21. The number of esters is 1. The van der Waals surface area contributed by atoms with E-state index in [4.69, 9.17) is 24.9 Å². The maximum atomic E-state index is 14.3. The van der Waals surface area contributed by atoms with Gasteiger partial charge in [-0.25, -0.2) is 9.36 Å². The van der Waals surface area contributed by atoms with Gasteiger partial charge in [0.25, 0.3) is 5.56 Å². The van der Waals surface area contributed by atoms with Crippen molar-refractivity contribution < 1.29 is 27.9 Å². The minimum Gasteiger partial charge on any atom is -0.460 e. The molecule has 3 aromatic carbocycles. The van der Waals surface area contributed by atoms with Crippen LogP contribution >= 0.6 is 7.75 Å². The summed E-state index contributed by atoms with van der Waals surface area (Å²) in [6, 6.07) is 20.6. The van der Waals surface area contributed by atoms with Crippen molar-refractivity contribution in [3.8, 4) is 18.1 Å². The summed E-state index contributed by atoms with van der Waals surface area (Å²) in [6.45, 7) is 2.56. The second kappa shape index (κ2) is 12.9. The second-order valence-electron chi connectivity index (χ2n) is 10.2. The number of rotatable bonds is 11. The third-order valence-corrected chi connectivity index (χ3v) is 8.48. The number of hydrogen-bond donors (Lipinski definition) is 2. The highest BCUT2D eigenvalue weighted by molar-refractivity contribution is 7.52. The Morgan fingerprint density at radius 1 is 1.14 bits per heavy atom. The van der Waals surface area contributed by atoms with E-state index in [1.165, 1.54) is 29.8 Å². The third kappa shape index (κ3) is 6.91. The first kappa shape index (κ1) is 30.7. The molecule has 5 rings (SSSR count). The lowest BCUT2D eigenvalue weighted by Crippen LogP contribution is -2.39. The smallest absolute Gasteiger partial charge is 0.459 e. The quantitative estimate of drug-likeness (QED) is 0.109. The van der Waals surface area contributed by atoms with Crippen molar-refractivity contribution in [2.45, 2.75) is 38.3 Å². The van der Waals surface area contributed by atoms with Crippen LogP contribution in [0.5, 0.6) is 5.75 Å². The lowest BCUT2D eigenvalue weighted by atomic mass is 10.1. The van der Waals surface area contributed by atoms with Gasteiger partial charge in [-0.15, -0.1) is 6.42 Å². The lowest BCUT2D eigenvalue weighted by Gasteiger charge is -2.28. The number of benzene rings is 3. The molecule has 11 nitrogen and oxygen atoms in total. The predicted molar refractivity (Wildman–Crippen MR) is 164 cm³/mol. The number of hydrogen-bond acceptors (Lipinski definition) is 8. The summed E-state index contributed by atoms with van der Waals surface area (Å²) in [4.78, 5) is 39.3. The normalized spacial score (nSPS) is 19.6. The summed E-state index contributed by atoms with van der Waals surface area (Å²) in [5.41, 5.74) is -1.70. The Labute approximate surface area is 253 Å². The Kier molecular flexibility index (Phi) is 8.99. The predicted octanol–water partition coefficient (Wildman–Crippen LogP) is 4.38. The number of aromatic nitrogens is 2. The van der Waals surface area contributed by atoms with Crippen molar-refractivity contribution in [2.75, 3.05) is 6.61 Å². The summed E-state index contributed by atoms with van der Waals surface area (Å²) >= 11 is 0. The maximum Gasteiger partial charge on any atom is 0.459 e. The number of fused-ring (bicyclic) bond motifs is 1. The van der Waals surface area contributed by atoms with E-state index < -0.39 is 49.4 Å². The highest BCUT2D eigenvalue weighted by Gasteiger charge is 2.41. The molecular formula is C32H30N3O8P. The van der Waals surface area contributed by atoms with Gasteiger partial charge in [-0.2, -0.15) is 5.09 Å². The first-order chi connectivity index (χ1) is 21.1. The number of aromatic amines is 1. The number of terminal acetylenes is 1. The fourth-order valence-electron chi connectivity index (χ4n) is 4.48. The highest BCUT2D eigenvalue weighted by atomic mass is 31.2. The topological polar surface area (TPSA) is 138 Å². The van der Waals surface area contributed by atoms with E-state index in [2.05, 4.69) is 16.0 Å². The van der Waals surface area contributed by atoms with Crippen molar-refractivity contribution in [2.24, 2.45) is 0 Å². The molecule has 0 unspecified atom stereocenters. The zero-order chi connectivity index (χ0) is 31.3. The average molecular weight is 616 g/mol. The lowest BCUT2D eigenvalue weighted by molar-refractivity contribution is -0.146. The largest absolute Gasteiger partial charge is 0.460 e. The van der Waals surface area contributed by atoms with E-state index >= 15 is 0 Å². The Morgan fingerprint density at radius 3 is 2.64 bits per heavy atom. The molecule has 0 aliphatic carbocycles. The summed E-state index contributed by atoms with van der Waals surface area (Å²) in [5.74, 6) is 2.05. The Balaban J connectivity index is 1.37. The van der Waals surface area contributed by atoms with E-state index in [9.17, 15) is 18.9 Å². The number of carbonyl (C=O) groups excluding carboxylic acids is 1. The van der Waals surface area contributed by atoms with Crippen LogP contribution in [0.15, 0.2) is 101 Å². The molecule has 0 spiro atoms. The van der Waals surface area contributed by atoms with Gasteiger partial charge in [-0.1, -0.05) is 72.7 Å². The van der Waals surface area contributed by atoms with Gasteiger partial charge in [-0.05, 0) is 43.0 Å². The van der Waals surface area contributed by atoms with Gasteiger partial charge in [0.05, 0.1) is 0 Å². The number of ether oxygens (including phenoxy) is 2. The number of H-pyrrole nitrogens is 1. The minimum atomic E-state index is -4.35. The van der Waals surface area contributed by atoms with Gasteiger partial charge < -0.3 is 14.0 Å². The standard InChI is InChI=1S/C32H30N3O8P/c1-4-32(18-17-28(42-32)35-19-22(2)29(36)33-31(35)38)21-41-44(39,43-27-16-10-14-25-13-8-9-15-26(25)27)34-23(3)30(37)40-20-24-11-6-5-7-12-24/h1,5-19,23,28H,20-21H2,2-3H3,(H,34,39)(H,33,36,38)/t23-,28+,32-,44-/m0/s1. The van der Waals surface area contributed by atoms with Gasteiger partial charge in [0.1, 0.15) is 25.0 Å². The van der Waals surface area contributed by atoms with E-state index in [-0.39, 0.29) is 12.4 Å². The number of carbonyl (C=O) groups is 1. The zero-order valence-corrected chi connectivity index (χ0v) is 24.9. The second-order valence-corrected chi connectivity index (χ2v) is 11.9. The minimum absolute atomic E-state index is 0.0187.